The van der Waals surface area contributed by atoms with Crippen LogP contribution in [0, 0.1) is 5.92 Å². The Bertz CT molecular complexity index is 639. The molecule has 0 amide bonds. The summed E-state index contributed by atoms with van der Waals surface area (Å²) in [6.07, 6.45) is 5.65. The first-order chi connectivity index (χ1) is 11.8. The molecule has 0 spiro atoms. The van der Waals surface area contributed by atoms with E-state index < -0.39 is 0 Å². The Balaban J connectivity index is 1.67. The number of nitrogens with one attached hydrogen (secondary N) is 1. The normalized spacial score (nSPS) is 16.4. The summed E-state index contributed by atoms with van der Waals surface area (Å²) in [6, 6.07) is 18.6. The molecule has 3 heteroatoms. The van der Waals surface area contributed by atoms with Gasteiger partial charge >= 0.3 is 0 Å². The van der Waals surface area contributed by atoms with Crippen LogP contribution in [0.15, 0.2) is 54.6 Å². The zero-order chi connectivity index (χ0) is 16.8. The van der Waals surface area contributed by atoms with Gasteiger partial charge in [-0.2, -0.15) is 0 Å². The Morgan fingerprint density at radius 2 is 1.79 bits per heavy atom. The molecule has 0 saturated heterocycles. The zero-order valence-electron chi connectivity index (χ0n) is 14.6. The molecule has 1 atom stereocenters. The highest BCUT2D eigenvalue weighted by Crippen LogP contribution is 2.43. The molecule has 0 radical (unpaired) electrons. The molecule has 1 fully saturated rings. The van der Waals surface area contributed by atoms with Gasteiger partial charge in [-0.1, -0.05) is 36.4 Å². The predicted octanol–water partition coefficient (Wildman–Crippen LogP) is 4.42. The van der Waals surface area contributed by atoms with Crippen molar-refractivity contribution < 1.29 is 9.47 Å². The van der Waals surface area contributed by atoms with Gasteiger partial charge in [-0.15, -0.1) is 0 Å². The molecule has 0 aromatic heterocycles. The molecule has 1 saturated carbocycles. The van der Waals surface area contributed by atoms with Gasteiger partial charge in [0.05, 0.1) is 7.11 Å². The summed E-state index contributed by atoms with van der Waals surface area (Å²) < 4.78 is 11.8. The summed E-state index contributed by atoms with van der Waals surface area (Å²) in [7, 11) is 3.70. The first kappa shape index (κ1) is 16.8. The molecule has 1 N–H and O–H groups in total. The van der Waals surface area contributed by atoms with E-state index in [0.717, 1.165) is 30.8 Å². The molecule has 24 heavy (non-hydrogen) atoms. The fourth-order valence-electron chi connectivity index (χ4n) is 3.34. The summed E-state index contributed by atoms with van der Waals surface area (Å²) in [5.41, 5.74) is 1.11. The molecule has 1 aliphatic rings. The molecule has 0 aliphatic heterocycles. The SMILES string of the molecule is CNC(CCCc1ccccc1)(Oc1cccc(OC)c1)C1CC1. The fourth-order valence-corrected chi connectivity index (χ4v) is 3.34. The fraction of sp³-hybridized carbons (Fsp3) is 0.429. The van der Waals surface area contributed by atoms with Crippen molar-refractivity contribution in [3.63, 3.8) is 0 Å². The highest BCUT2D eigenvalue weighted by Gasteiger charge is 2.46. The van der Waals surface area contributed by atoms with Gasteiger partial charge in [0.15, 0.2) is 5.72 Å². The molecule has 2 aromatic rings. The van der Waals surface area contributed by atoms with Crippen LogP contribution in [-0.4, -0.2) is 19.9 Å². The molecule has 3 rings (SSSR count). The molecule has 128 valence electrons. The standard InChI is InChI=1S/C21H27NO2/c1-22-21(18-13-14-18,15-7-10-17-8-4-3-5-9-17)24-20-12-6-11-19(16-20)23-2/h3-6,8-9,11-12,16,18,22H,7,10,13-15H2,1-2H3. The van der Waals surface area contributed by atoms with Gasteiger partial charge in [-0.05, 0) is 50.4 Å². The van der Waals surface area contributed by atoms with Crippen LogP contribution >= 0.6 is 0 Å². The predicted molar refractivity (Wildman–Crippen MR) is 97.5 cm³/mol. The van der Waals surface area contributed by atoms with E-state index in [9.17, 15) is 0 Å². The summed E-state index contributed by atoms with van der Waals surface area (Å²) in [5, 5.41) is 3.49. The lowest BCUT2D eigenvalue weighted by atomic mass is 9.98. The van der Waals surface area contributed by atoms with Crippen molar-refractivity contribution >= 4 is 0 Å². The van der Waals surface area contributed by atoms with Gasteiger partial charge in [0.25, 0.3) is 0 Å². The number of hydrogen-bond donors (Lipinski definition) is 1. The van der Waals surface area contributed by atoms with Crippen molar-refractivity contribution in [1.29, 1.82) is 0 Å². The molecule has 3 nitrogen and oxygen atoms in total. The van der Waals surface area contributed by atoms with Crippen molar-refractivity contribution in [3.05, 3.63) is 60.2 Å². The second-order valence-electron chi connectivity index (χ2n) is 6.53. The third-order valence-electron chi connectivity index (χ3n) is 4.86. The van der Waals surface area contributed by atoms with Gasteiger partial charge in [0.1, 0.15) is 11.5 Å². The Morgan fingerprint density at radius 3 is 2.46 bits per heavy atom. The van der Waals surface area contributed by atoms with Crippen molar-refractivity contribution in [3.8, 4) is 11.5 Å². The summed E-state index contributed by atoms with van der Waals surface area (Å²) >= 11 is 0. The van der Waals surface area contributed by atoms with Crippen molar-refractivity contribution in [2.24, 2.45) is 5.92 Å². The first-order valence-electron chi connectivity index (χ1n) is 8.81. The Kier molecular flexibility index (Phi) is 5.41. The average molecular weight is 325 g/mol. The summed E-state index contributed by atoms with van der Waals surface area (Å²) in [6.45, 7) is 0. The van der Waals surface area contributed by atoms with E-state index in [4.69, 9.17) is 9.47 Å². The highest BCUT2D eigenvalue weighted by atomic mass is 16.5. The van der Waals surface area contributed by atoms with Gasteiger partial charge in [0, 0.05) is 18.4 Å². The van der Waals surface area contributed by atoms with E-state index in [1.165, 1.54) is 18.4 Å². The lowest BCUT2D eigenvalue weighted by Gasteiger charge is -2.35. The van der Waals surface area contributed by atoms with Crippen LogP contribution in [0.5, 0.6) is 11.5 Å². The maximum Gasteiger partial charge on any atom is 0.163 e. The Labute approximate surface area is 145 Å². The van der Waals surface area contributed by atoms with Crippen molar-refractivity contribution in [2.45, 2.75) is 37.8 Å². The summed E-state index contributed by atoms with van der Waals surface area (Å²) in [4.78, 5) is 0. The molecule has 0 heterocycles. The smallest absolute Gasteiger partial charge is 0.163 e. The molecule has 1 aliphatic carbocycles. The number of ether oxygens (including phenoxy) is 2. The van der Waals surface area contributed by atoms with Crippen LogP contribution in [0.1, 0.15) is 31.2 Å². The minimum absolute atomic E-state index is 0.277. The van der Waals surface area contributed by atoms with E-state index in [1.807, 2.05) is 31.3 Å². The quantitative estimate of drug-likeness (QED) is 0.692. The van der Waals surface area contributed by atoms with Crippen LogP contribution in [0.2, 0.25) is 0 Å². The van der Waals surface area contributed by atoms with E-state index in [-0.39, 0.29) is 5.72 Å². The van der Waals surface area contributed by atoms with Crippen molar-refractivity contribution in [2.75, 3.05) is 14.2 Å². The summed E-state index contributed by atoms with van der Waals surface area (Å²) in [5.74, 6) is 2.29. The number of methoxy groups -OCH3 is 1. The van der Waals surface area contributed by atoms with Crippen LogP contribution in [0.4, 0.5) is 0 Å². The highest BCUT2D eigenvalue weighted by molar-refractivity contribution is 5.33. The average Bonchev–Trinajstić information content (AvgIpc) is 3.47. The number of hydrogen-bond acceptors (Lipinski definition) is 3. The monoisotopic (exact) mass is 325 g/mol. The third kappa shape index (κ3) is 4.09. The minimum Gasteiger partial charge on any atom is -0.497 e. The largest absolute Gasteiger partial charge is 0.497 e. The maximum absolute atomic E-state index is 6.46. The van der Waals surface area contributed by atoms with Gasteiger partial charge in [0.2, 0.25) is 0 Å². The molecule has 0 bridgehead atoms. The number of benzene rings is 2. The van der Waals surface area contributed by atoms with E-state index in [2.05, 4.69) is 35.6 Å². The van der Waals surface area contributed by atoms with E-state index in [0.29, 0.717) is 5.92 Å². The van der Waals surface area contributed by atoms with Gasteiger partial charge in [-0.25, -0.2) is 0 Å². The van der Waals surface area contributed by atoms with Gasteiger partial charge < -0.3 is 9.47 Å². The maximum atomic E-state index is 6.46. The Morgan fingerprint density at radius 1 is 1.04 bits per heavy atom. The minimum atomic E-state index is -0.277. The molecular formula is C21H27NO2. The molecule has 2 aromatic carbocycles. The van der Waals surface area contributed by atoms with E-state index in [1.54, 1.807) is 7.11 Å². The van der Waals surface area contributed by atoms with E-state index >= 15 is 0 Å². The third-order valence-corrected chi connectivity index (χ3v) is 4.86. The van der Waals surface area contributed by atoms with Crippen LogP contribution in [-0.2, 0) is 6.42 Å². The van der Waals surface area contributed by atoms with Crippen LogP contribution in [0.25, 0.3) is 0 Å². The first-order valence-corrected chi connectivity index (χ1v) is 8.81. The topological polar surface area (TPSA) is 30.5 Å². The zero-order valence-corrected chi connectivity index (χ0v) is 14.6. The lowest BCUT2D eigenvalue weighted by molar-refractivity contribution is 0.00739. The lowest BCUT2D eigenvalue weighted by Crippen LogP contribution is -2.50. The molecule has 1 unspecified atom stereocenters. The van der Waals surface area contributed by atoms with Crippen LogP contribution < -0.4 is 14.8 Å². The molecular weight excluding hydrogens is 298 g/mol. The second kappa shape index (κ2) is 7.71. The van der Waals surface area contributed by atoms with Crippen molar-refractivity contribution in [1.82, 2.24) is 5.32 Å². The number of aryl methyl sites for hydroxylation is 1. The van der Waals surface area contributed by atoms with Crippen LogP contribution in [0.3, 0.4) is 0 Å². The second-order valence-corrected chi connectivity index (χ2v) is 6.53. The number of rotatable bonds is 9. The van der Waals surface area contributed by atoms with Gasteiger partial charge in [-0.3, -0.25) is 5.32 Å². The Hall–Kier alpha value is -2.00.